The highest BCUT2D eigenvalue weighted by atomic mass is 31.2. The highest BCUT2D eigenvalue weighted by molar-refractivity contribution is 7.47. The number of phosphoric ester groups is 2. The second-order valence-corrected chi connectivity index (χ2v) is 36.1. The van der Waals surface area contributed by atoms with Crippen LogP contribution in [0.3, 0.4) is 0 Å². The summed E-state index contributed by atoms with van der Waals surface area (Å²) in [6.07, 6.45) is 76.6. The fourth-order valence-electron chi connectivity index (χ4n) is 14.2. The summed E-state index contributed by atoms with van der Waals surface area (Å²) in [6, 6.07) is 0. The third-order valence-corrected chi connectivity index (χ3v) is 24.1. The lowest BCUT2D eigenvalue weighted by Crippen LogP contribution is -2.30. The van der Waals surface area contributed by atoms with Gasteiger partial charge in [-0.25, -0.2) is 9.13 Å². The molecule has 17 nitrogen and oxygen atoms in total. The Bertz CT molecular complexity index is 2100. The van der Waals surface area contributed by atoms with Crippen molar-refractivity contribution in [2.45, 2.75) is 509 Å². The van der Waals surface area contributed by atoms with Crippen molar-refractivity contribution < 1.29 is 80.2 Å². The van der Waals surface area contributed by atoms with Gasteiger partial charge in [-0.1, -0.05) is 440 Å². The summed E-state index contributed by atoms with van der Waals surface area (Å²) in [5.41, 5.74) is 0. The van der Waals surface area contributed by atoms with E-state index in [-0.39, 0.29) is 25.7 Å². The molecule has 0 saturated carbocycles. The summed E-state index contributed by atoms with van der Waals surface area (Å²) < 4.78 is 69.0. The Hall–Kier alpha value is -1.94. The average Bonchev–Trinajstić information content (AvgIpc) is 0.897. The van der Waals surface area contributed by atoms with Crippen molar-refractivity contribution in [3.63, 3.8) is 0 Å². The number of carbonyl (C=O) groups excluding carboxylic acids is 4. The molecule has 0 spiro atoms. The van der Waals surface area contributed by atoms with E-state index >= 15 is 0 Å². The van der Waals surface area contributed by atoms with E-state index in [0.717, 1.165) is 108 Å². The van der Waals surface area contributed by atoms with Gasteiger partial charge in [-0.15, -0.1) is 0 Å². The lowest BCUT2D eigenvalue weighted by molar-refractivity contribution is -0.161. The van der Waals surface area contributed by atoms with Gasteiger partial charge in [-0.3, -0.25) is 37.3 Å². The van der Waals surface area contributed by atoms with Crippen molar-refractivity contribution in [1.82, 2.24) is 0 Å². The minimum Gasteiger partial charge on any atom is -0.462 e. The zero-order chi connectivity index (χ0) is 80.6. The molecule has 3 N–H and O–H groups in total. The quantitative estimate of drug-likeness (QED) is 0.0222. The number of ether oxygens (including phenoxy) is 4. The predicted molar refractivity (Wildman–Crippen MR) is 455 cm³/mol. The molecule has 0 amide bonds. The van der Waals surface area contributed by atoms with Crippen LogP contribution in [0.2, 0.25) is 0 Å². The lowest BCUT2D eigenvalue weighted by atomic mass is 9.99. The van der Waals surface area contributed by atoms with Crippen molar-refractivity contribution in [2.24, 2.45) is 11.8 Å². The van der Waals surface area contributed by atoms with Crippen molar-refractivity contribution in [1.29, 1.82) is 0 Å². The Balaban J connectivity index is 5.22. The molecule has 0 radical (unpaired) electrons. The molecule has 7 atom stereocenters. The van der Waals surface area contributed by atoms with Gasteiger partial charge in [-0.05, 0) is 37.5 Å². The van der Waals surface area contributed by atoms with E-state index < -0.39 is 97.5 Å². The first-order valence-electron chi connectivity index (χ1n) is 47.1. The largest absolute Gasteiger partial charge is 0.472 e. The second kappa shape index (κ2) is 82.2. The average molecular weight is 1610 g/mol. The molecule has 0 aromatic heterocycles. The Morgan fingerprint density at radius 3 is 0.645 bits per heavy atom. The van der Waals surface area contributed by atoms with Crippen molar-refractivity contribution in [2.75, 3.05) is 39.6 Å². The standard InChI is InChI=1S/C91H178O17P2/c1-7-11-13-15-17-19-21-23-25-27-28-29-30-35-38-42-46-50-54-61-67-73-88(93)101-79-86(107-90(95)75-69-64-56-52-48-44-40-36-32-31-34-37-41-45-49-53-59-65-71-83(5)9-3)81-105-109(97,98)103-77-85(92)78-104-110(99,100)106-82-87(80-102-89(94)74-68-62-58-57-60-66-72-84(6)10-4)108-91(96)76-70-63-55-51-47-43-39-33-26-24-22-20-18-16-14-12-8-2/h83-87,92H,7-82H2,1-6H3,(H,97,98)(H,99,100)/t83?,84?,85-,86-,87-/m1/s1. The van der Waals surface area contributed by atoms with Crippen LogP contribution in [0, 0.1) is 11.8 Å². The van der Waals surface area contributed by atoms with E-state index in [1.165, 1.54) is 302 Å². The van der Waals surface area contributed by atoms with E-state index in [1.807, 2.05) is 0 Å². The normalized spacial score (nSPS) is 14.2. The molecule has 0 aliphatic rings. The zero-order valence-corrected chi connectivity index (χ0v) is 74.4. The Labute approximate surface area is 677 Å². The van der Waals surface area contributed by atoms with Gasteiger partial charge in [0.25, 0.3) is 0 Å². The summed E-state index contributed by atoms with van der Waals surface area (Å²) >= 11 is 0. The topological polar surface area (TPSA) is 237 Å². The van der Waals surface area contributed by atoms with Crippen LogP contribution in [-0.2, 0) is 65.4 Å². The molecule has 654 valence electrons. The first-order valence-corrected chi connectivity index (χ1v) is 50.1. The lowest BCUT2D eigenvalue weighted by Gasteiger charge is -2.21. The van der Waals surface area contributed by atoms with Gasteiger partial charge in [0.2, 0.25) is 0 Å². The van der Waals surface area contributed by atoms with Gasteiger partial charge in [0.15, 0.2) is 12.2 Å². The molecular formula is C91H178O17P2. The molecule has 0 aliphatic carbocycles. The van der Waals surface area contributed by atoms with E-state index in [0.29, 0.717) is 25.7 Å². The van der Waals surface area contributed by atoms with Crippen LogP contribution in [0.1, 0.15) is 491 Å². The molecule has 4 unspecified atom stereocenters. The first-order chi connectivity index (χ1) is 53.4. The van der Waals surface area contributed by atoms with Gasteiger partial charge in [0.05, 0.1) is 26.4 Å². The maximum absolute atomic E-state index is 13.2. The maximum atomic E-state index is 13.2. The van der Waals surface area contributed by atoms with E-state index in [4.69, 9.17) is 37.0 Å². The van der Waals surface area contributed by atoms with Gasteiger partial charge >= 0.3 is 39.5 Å². The number of hydrogen-bond donors (Lipinski definition) is 3. The SMILES string of the molecule is CCCCCCCCCCCCCCCCCCCCCCCC(=O)OC[C@H](COP(=O)(O)OC[C@@H](O)COP(=O)(O)OC[C@@H](COC(=O)CCCCCCCCC(C)CC)OC(=O)CCCCCCCCCCCCCCCCCCC)OC(=O)CCCCCCCCCCCCCCCCCCCCC(C)CC. The maximum Gasteiger partial charge on any atom is 0.472 e. The highest BCUT2D eigenvalue weighted by Gasteiger charge is 2.31. The molecule has 0 aromatic rings. The first kappa shape index (κ1) is 108. The number of rotatable bonds is 90. The van der Waals surface area contributed by atoms with Crippen LogP contribution in [0.5, 0.6) is 0 Å². The van der Waals surface area contributed by atoms with Gasteiger partial charge in [-0.2, -0.15) is 0 Å². The Morgan fingerprint density at radius 1 is 0.255 bits per heavy atom. The molecule has 0 heterocycles. The molecule has 19 heteroatoms. The number of aliphatic hydroxyl groups is 1. The molecular weight excluding hydrogens is 1430 g/mol. The number of carbonyl (C=O) groups is 4. The monoisotopic (exact) mass is 1610 g/mol. The number of unbranched alkanes of at least 4 members (excludes halogenated alkanes) is 58. The summed E-state index contributed by atoms with van der Waals surface area (Å²) in [5, 5.41) is 10.7. The molecule has 0 rings (SSSR count). The second-order valence-electron chi connectivity index (χ2n) is 33.2. The highest BCUT2D eigenvalue weighted by Crippen LogP contribution is 2.45. The number of aliphatic hydroxyl groups excluding tert-OH is 1. The van der Waals surface area contributed by atoms with Crippen LogP contribution in [0.15, 0.2) is 0 Å². The predicted octanol–water partition coefficient (Wildman–Crippen LogP) is 28.2. The summed E-state index contributed by atoms with van der Waals surface area (Å²) in [5.74, 6) is -0.496. The fraction of sp³-hybridized carbons (Fsp3) is 0.956. The van der Waals surface area contributed by atoms with E-state index in [2.05, 4.69) is 41.5 Å². The molecule has 110 heavy (non-hydrogen) atoms. The summed E-state index contributed by atoms with van der Waals surface area (Å²) in [6.45, 7) is 9.73. The van der Waals surface area contributed by atoms with Crippen molar-refractivity contribution in [3.05, 3.63) is 0 Å². The van der Waals surface area contributed by atoms with Crippen LogP contribution >= 0.6 is 15.6 Å². The Kier molecular flexibility index (Phi) is 80.7. The molecule has 0 fully saturated rings. The van der Waals surface area contributed by atoms with Crippen LogP contribution in [0.4, 0.5) is 0 Å². The van der Waals surface area contributed by atoms with E-state index in [9.17, 15) is 43.2 Å². The van der Waals surface area contributed by atoms with Gasteiger partial charge in [0, 0.05) is 25.7 Å². The zero-order valence-electron chi connectivity index (χ0n) is 72.6. The van der Waals surface area contributed by atoms with Gasteiger partial charge < -0.3 is 33.8 Å². The smallest absolute Gasteiger partial charge is 0.462 e. The molecule has 0 bridgehead atoms. The van der Waals surface area contributed by atoms with Crippen molar-refractivity contribution in [3.8, 4) is 0 Å². The third-order valence-electron chi connectivity index (χ3n) is 22.2. The van der Waals surface area contributed by atoms with Crippen LogP contribution in [0.25, 0.3) is 0 Å². The fourth-order valence-corrected chi connectivity index (χ4v) is 15.8. The Morgan fingerprint density at radius 2 is 0.436 bits per heavy atom. The minimum absolute atomic E-state index is 0.108. The minimum atomic E-state index is -4.97. The molecule has 0 aromatic carbocycles. The van der Waals surface area contributed by atoms with E-state index in [1.54, 1.807) is 0 Å². The van der Waals surface area contributed by atoms with Crippen molar-refractivity contribution >= 4 is 39.5 Å². The molecule has 0 aliphatic heterocycles. The van der Waals surface area contributed by atoms with Crippen LogP contribution in [-0.4, -0.2) is 96.7 Å². The van der Waals surface area contributed by atoms with Crippen LogP contribution < -0.4 is 0 Å². The summed E-state index contributed by atoms with van der Waals surface area (Å²) in [4.78, 5) is 73.4. The third kappa shape index (κ3) is 81.2. The summed E-state index contributed by atoms with van der Waals surface area (Å²) in [7, 11) is -9.93. The van der Waals surface area contributed by atoms with Gasteiger partial charge in [0.1, 0.15) is 19.3 Å². The molecule has 0 saturated heterocycles. The number of phosphoric acid groups is 2. The number of hydrogen-bond acceptors (Lipinski definition) is 15. The number of esters is 4.